The maximum absolute atomic E-state index is 11.7. The van der Waals surface area contributed by atoms with Crippen LogP contribution < -0.4 is 5.73 Å². The van der Waals surface area contributed by atoms with Gasteiger partial charge < -0.3 is 5.73 Å². The molecule has 1 fully saturated rings. The Morgan fingerprint density at radius 3 is 2.55 bits per heavy atom. The minimum Gasteiger partial charge on any atom is -0.326 e. The van der Waals surface area contributed by atoms with Crippen LogP contribution in [0.2, 0.25) is 0 Å². The van der Waals surface area contributed by atoms with Crippen LogP contribution in [0.5, 0.6) is 0 Å². The van der Waals surface area contributed by atoms with Crippen molar-refractivity contribution >= 4 is 12.4 Å². The van der Waals surface area contributed by atoms with Crippen LogP contribution in [0.4, 0.5) is 8.78 Å². The average Bonchev–Trinajstić information content (AvgIpc) is 2.13. The van der Waals surface area contributed by atoms with Crippen molar-refractivity contribution in [3.8, 4) is 0 Å². The molecule has 68 valence electrons. The monoisotopic (exact) mass is 186 g/mol. The van der Waals surface area contributed by atoms with E-state index in [0.717, 1.165) is 13.0 Å². The Bertz CT molecular complexity index is 113. The molecule has 1 aliphatic rings. The predicted molar refractivity (Wildman–Crippen MR) is 42.3 cm³/mol. The largest absolute Gasteiger partial charge is 0.326 e. The van der Waals surface area contributed by atoms with Crippen molar-refractivity contribution in [2.75, 3.05) is 19.6 Å². The summed E-state index contributed by atoms with van der Waals surface area (Å²) in [7, 11) is 0. The van der Waals surface area contributed by atoms with Gasteiger partial charge in [-0.2, -0.15) is 0 Å². The fourth-order valence-corrected chi connectivity index (χ4v) is 1.22. The maximum atomic E-state index is 11.7. The van der Waals surface area contributed by atoms with E-state index in [0.29, 0.717) is 6.54 Å². The van der Waals surface area contributed by atoms with Crippen LogP contribution in [-0.4, -0.2) is 37.0 Å². The summed E-state index contributed by atoms with van der Waals surface area (Å²) in [6.07, 6.45) is -1.36. The predicted octanol–water partition coefficient (Wildman–Crippen LogP) is 0.706. The number of hydrogen-bond donors (Lipinski definition) is 1. The zero-order valence-corrected chi connectivity index (χ0v) is 6.99. The average molecular weight is 187 g/mol. The van der Waals surface area contributed by atoms with Gasteiger partial charge in [0.15, 0.2) is 0 Å². The van der Waals surface area contributed by atoms with E-state index < -0.39 is 6.43 Å². The fourth-order valence-electron chi connectivity index (χ4n) is 1.22. The Labute approximate surface area is 71.1 Å². The SMILES string of the molecule is Cl.NC1CCN(CC(F)F)C1. The summed E-state index contributed by atoms with van der Waals surface area (Å²) in [6, 6.07) is 0.110. The molecule has 1 unspecified atom stereocenters. The van der Waals surface area contributed by atoms with Gasteiger partial charge in [0, 0.05) is 12.6 Å². The Balaban J connectivity index is 0.000001000. The molecule has 0 saturated carbocycles. The molecule has 1 heterocycles. The normalized spacial score (nSPS) is 25.6. The lowest BCUT2D eigenvalue weighted by atomic mass is 10.3. The summed E-state index contributed by atoms with van der Waals surface area (Å²) in [4.78, 5) is 1.70. The van der Waals surface area contributed by atoms with Crippen molar-refractivity contribution in [1.82, 2.24) is 4.90 Å². The van der Waals surface area contributed by atoms with Gasteiger partial charge in [-0.1, -0.05) is 0 Å². The van der Waals surface area contributed by atoms with Crippen LogP contribution in [0.25, 0.3) is 0 Å². The van der Waals surface area contributed by atoms with Crippen LogP contribution in [-0.2, 0) is 0 Å². The molecule has 0 spiro atoms. The number of alkyl halides is 2. The first-order chi connectivity index (χ1) is 4.68. The zero-order chi connectivity index (χ0) is 7.56. The van der Waals surface area contributed by atoms with E-state index in [9.17, 15) is 8.78 Å². The van der Waals surface area contributed by atoms with E-state index >= 15 is 0 Å². The van der Waals surface area contributed by atoms with E-state index in [1.165, 1.54) is 0 Å². The summed E-state index contributed by atoms with van der Waals surface area (Å²) >= 11 is 0. The van der Waals surface area contributed by atoms with Crippen LogP contribution >= 0.6 is 12.4 Å². The lowest BCUT2D eigenvalue weighted by Gasteiger charge is -2.13. The first kappa shape index (κ1) is 11.1. The molecule has 0 radical (unpaired) electrons. The minimum absolute atomic E-state index is 0. The van der Waals surface area contributed by atoms with Crippen LogP contribution in [0, 0.1) is 0 Å². The topological polar surface area (TPSA) is 29.3 Å². The molecule has 1 atom stereocenters. The number of likely N-dealkylation sites (tertiary alicyclic amines) is 1. The summed E-state index contributed by atoms with van der Waals surface area (Å²) in [6.45, 7) is 1.24. The molecule has 11 heavy (non-hydrogen) atoms. The summed E-state index contributed by atoms with van der Waals surface area (Å²) in [5.41, 5.74) is 5.51. The van der Waals surface area contributed by atoms with Gasteiger partial charge in [-0.15, -0.1) is 12.4 Å². The molecule has 2 N–H and O–H groups in total. The van der Waals surface area contributed by atoms with Crippen molar-refractivity contribution in [1.29, 1.82) is 0 Å². The van der Waals surface area contributed by atoms with Gasteiger partial charge in [-0.25, -0.2) is 8.78 Å². The summed E-state index contributed by atoms with van der Waals surface area (Å²) in [5, 5.41) is 0. The first-order valence-corrected chi connectivity index (χ1v) is 3.44. The third kappa shape index (κ3) is 3.84. The van der Waals surface area contributed by atoms with Crippen LogP contribution in [0.1, 0.15) is 6.42 Å². The fraction of sp³-hybridized carbons (Fsp3) is 1.00. The lowest BCUT2D eigenvalue weighted by Crippen LogP contribution is -2.30. The summed E-state index contributed by atoms with van der Waals surface area (Å²) < 4.78 is 23.5. The van der Waals surface area contributed by atoms with Crippen molar-refractivity contribution in [2.24, 2.45) is 5.73 Å². The molecule has 0 aromatic carbocycles. The van der Waals surface area contributed by atoms with Crippen molar-refractivity contribution in [3.05, 3.63) is 0 Å². The Hall–Kier alpha value is 0.0700. The van der Waals surface area contributed by atoms with E-state index in [4.69, 9.17) is 5.73 Å². The standard InChI is InChI=1S/C6H12F2N2.ClH/c7-6(8)4-10-2-1-5(9)3-10;/h5-6H,1-4,9H2;1H. The molecule has 1 saturated heterocycles. The molecular formula is C6H13ClF2N2. The highest BCUT2D eigenvalue weighted by Crippen LogP contribution is 2.08. The number of hydrogen-bond acceptors (Lipinski definition) is 2. The number of nitrogens with zero attached hydrogens (tertiary/aromatic N) is 1. The minimum atomic E-state index is -2.22. The van der Waals surface area contributed by atoms with Gasteiger partial charge in [0.2, 0.25) is 0 Å². The second kappa shape index (κ2) is 4.85. The van der Waals surface area contributed by atoms with E-state index in [2.05, 4.69) is 0 Å². The van der Waals surface area contributed by atoms with E-state index in [1.807, 2.05) is 0 Å². The highest BCUT2D eigenvalue weighted by atomic mass is 35.5. The van der Waals surface area contributed by atoms with E-state index in [1.54, 1.807) is 4.90 Å². The number of rotatable bonds is 2. The van der Waals surface area contributed by atoms with Crippen molar-refractivity contribution < 1.29 is 8.78 Å². The van der Waals surface area contributed by atoms with Gasteiger partial charge in [-0.05, 0) is 13.0 Å². The van der Waals surface area contributed by atoms with E-state index in [-0.39, 0.29) is 25.0 Å². The van der Waals surface area contributed by atoms with Crippen LogP contribution in [0.15, 0.2) is 0 Å². The molecule has 0 aromatic rings. The molecule has 2 nitrogen and oxygen atoms in total. The van der Waals surface area contributed by atoms with Gasteiger partial charge in [0.25, 0.3) is 6.43 Å². The van der Waals surface area contributed by atoms with Gasteiger partial charge >= 0.3 is 0 Å². The van der Waals surface area contributed by atoms with Gasteiger partial charge in [0.05, 0.1) is 6.54 Å². The highest BCUT2D eigenvalue weighted by molar-refractivity contribution is 5.85. The van der Waals surface area contributed by atoms with Gasteiger partial charge in [-0.3, -0.25) is 4.90 Å². The third-order valence-corrected chi connectivity index (χ3v) is 1.71. The maximum Gasteiger partial charge on any atom is 0.251 e. The smallest absolute Gasteiger partial charge is 0.251 e. The molecule has 1 aliphatic heterocycles. The Morgan fingerprint density at radius 2 is 2.18 bits per heavy atom. The lowest BCUT2D eigenvalue weighted by molar-refractivity contribution is 0.0991. The van der Waals surface area contributed by atoms with Crippen molar-refractivity contribution in [3.63, 3.8) is 0 Å². The second-order valence-electron chi connectivity index (χ2n) is 2.70. The highest BCUT2D eigenvalue weighted by Gasteiger charge is 2.21. The third-order valence-electron chi connectivity index (χ3n) is 1.71. The van der Waals surface area contributed by atoms with Crippen LogP contribution in [0.3, 0.4) is 0 Å². The molecule has 0 amide bonds. The zero-order valence-electron chi connectivity index (χ0n) is 6.17. The summed E-state index contributed by atoms with van der Waals surface area (Å²) in [5.74, 6) is 0. The quantitative estimate of drug-likeness (QED) is 0.688. The molecule has 5 heteroatoms. The molecule has 0 bridgehead atoms. The molecular weight excluding hydrogens is 174 g/mol. The first-order valence-electron chi connectivity index (χ1n) is 3.44. The Morgan fingerprint density at radius 1 is 1.55 bits per heavy atom. The number of halogens is 3. The molecule has 1 rings (SSSR count). The Kier molecular flexibility index (Phi) is 4.88. The molecule has 0 aromatic heterocycles. The van der Waals surface area contributed by atoms with Crippen molar-refractivity contribution in [2.45, 2.75) is 18.9 Å². The molecule has 0 aliphatic carbocycles. The number of nitrogens with two attached hydrogens (primary N) is 1. The van der Waals surface area contributed by atoms with Gasteiger partial charge in [0.1, 0.15) is 0 Å². The second-order valence-corrected chi connectivity index (χ2v) is 2.70.